The molecule has 1 N–H and O–H groups in total. The largest absolute Gasteiger partial charge is 0.482 e. The third-order valence-electron chi connectivity index (χ3n) is 4.74. The molecule has 3 rings (SSSR count). The van der Waals surface area contributed by atoms with Crippen molar-refractivity contribution in [3.63, 3.8) is 0 Å². The summed E-state index contributed by atoms with van der Waals surface area (Å²) in [6, 6.07) is 16.1. The Kier molecular flexibility index (Phi) is 7.74. The topological polar surface area (TPSA) is 72.8 Å². The molecule has 0 aromatic heterocycles. The number of aliphatic carboxylic acids is 1. The molecule has 166 valence electrons. The van der Waals surface area contributed by atoms with E-state index in [1.807, 2.05) is 51.1 Å². The molecule has 3 aromatic rings. The highest BCUT2D eigenvalue weighted by atomic mass is 79.9. The number of halogens is 2. The van der Waals surface area contributed by atoms with Crippen LogP contribution in [0.25, 0.3) is 0 Å². The highest BCUT2D eigenvalue weighted by Gasteiger charge is 2.23. The van der Waals surface area contributed by atoms with Crippen molar-refractivity contribution >= 4 is 43.6 Å². The Hall–Kier alpha value is -2.64. The van der Waals surface area contributed by atoms with Gasteiger partial charge in [-0.1, -0.05) is 43.7 Å². The van der Waals surface area contributed by atoms with Crippen LogP contribution in [-0.2, 0) is 4.79 Å². The predicted octanol–water partition coefficient (Wildman–Crippen LogP) is 7.13. The average Bonchev–Trinajstić information content (AvgIpc) is 2.74. The number of carbonyl (C=O) groups is 2. The van der Waals surface area contributed by atoms with E-state index in [9.17, 15) is 9.59 Å². The van der Waals surface area contributed by atoms with Crippen molar-refractivity contribution in [3.05, 3.63) is 85.8 Å². The normalized spacial score (nSPS) is 10.8. The maximum atomic E-state index is 13.5. The summed E-state index contributed by atoms with van der Waals surface area (Å²) in [4.78, 5) is 24.6. The molecule has 0 aliphatic rings. The number of hydrogen-bond acceptors (Lipinski definition) is 4. The summed E-state index contributed by atoms with van der Waals surface area (Å²) in [7, 11) is 0. The maximum absolute atomic E-state index is 13.5. The zero-order valence-electron chi connectivity index (χ0n) is 17.8. The molecule has 0 fully saturated rings. The molecule has 0 aliphatic heterocycles. The van der Waals surface area contributed by atoms with E-state index < -0.39 is 12.6 Å². The quantitative estimate of drug-likeness (QED) is 0.296. The van der Waals surface area contributed by atoms with Gasteiger partial charge in [-0.05, 0) is 75.0 Å². The van der Waals surface area contributed by atoms with Gasteiger partial charge in [0, 0.05) is 11.1 Å². The van der Waals surface area contributed by atoms with Crippen molar-refractivity contribution < 1.29 is 24.2 Å². The van der Waals surface area contributed by atoms with E-state index in [4.69, 9.17) is 14.6 Å². The van der Waals surface area contributed by atoms with Crippen LogP contribution in [0.5, 0.6) is 17.2 Å². The second-order valence-electron chi connectivity index (χ2n) is 7.57. The van der Waals surface area contributed by atoms with Gasteiger partial charge in [0.15, 0.2) is 18.1 Å². The molecule has 0 bridgehead atoms. The number of para-hydroxylation sites is 1. The molecule has 32 heavy (non-hydrogen) atoms. The number of carboxylic acid groups (broad SMARTS) is 1. The molecule has 0 spiro atoms. The third-order valence-corrected chi connectivity index (χ3v) is 5.99. The first-order chi connectivity index (χ1) is 15.2. The first-order valence-corrected chi connectivity index (χ1v) is 11.5. The van der Waals surface area contributed by atoms with Gasteiger partial charge in [0.2, 0.25) is 0 Å². The number of carbonyl (C=O) groups excluding carboxylic acids is 1. The van der Waals surface area contributed by atoms with Crippen molar-refractivity contribution in [2.75, 3.05) is 6.61 Å². The SMILES string of the molecule is Cc1cccc(C(=O)c2cc(OCC(=O)O)c(C(C)C)cc2Oc2c(Br)cccc2Br)c1. The van der Waals surface area contributed by atoms with E-state index in [0.717, 1.165) is 20.1 Å². The summed E-state index contributed by atoms with van der Waals surface area (Å²) >= 11 is 6.99. The predicted molar refractivity (Wildman–Crippen MR) is 130 cm³/mol. The van der Waals surface area contributed by atoms with Gasteiger partial charge in [0.05, 0.1) is 14.5 Å². The van der Waals surface area contributed by atoms with Crippen LogP contribution < -0.4 is 9.47 Å². The molecule has 0 unspecified atom stereocenters. The minimum atomic E-state index is -1.09. The van der Waals surface area contributed by atoms with Gasteiger partial charge in [-0.15, -0.1) is 0 Å². The summed E-state index contributed by atoms with van der Waals surface area (Å²) in [5.74, 6) is -0.106. The van der Waals surface area contributed by atoms with E-state index in [1.54, 1.807) is 24.3 Å². The molecule has 5 nitrogen and oxygen atoms in total. The lowest BCUT2D eigenvalue weighted by Crippen LogP contribution is -2.12. The molecule has 0 amide bonds. The molecule has 0 heterocycles. The Labute approximate surface area is 203 Å². The van der Waals surface area contributed by atoms with Gasteiger partial charge in [0.1, 0.15) is 11.5 Å². The Morgan fingerprint density at radius 2 is 1.62 bits per heavy atom. The van der Waals surface area contributed by atoms with Crippen LogP contribution in [-0.4, -0.2) is 23.5 Å². The fourth-order valence-corrected chi connectivity index (χ4v) is 4.35. The fourth-order valence-electron chi connectivity index (χ4n) is 3.19. The smallest absolute Gasteiger partial charge is 0.341 e. The lowest BCUT2D eigenvalue weighted by Gasteiger charge is -2.19. The third kappa shape index (κ3) is 5.58. The number of aryl methyl sites for hydroxylation is 1. The summed E-state index contributed by atoms with van der Waals surface area (Å²) in [6.45, 7) is 5.33. The number of benzene rings is 3. The van der Waals surface area contributed by atoms with E-state index in [0.29, 0.717) is 22.8 Å². The van der Waals surface area contributed by atoms with Crippen molar-refractivity contribution in [2.24, 2.45) is 0 Å². The molecule has 0 atom stereocenters. The molecule has 0 radical (unpaired) electrons. The monoisotopic (exact) mass is 560 g/mol. The van der Waals surface area contributed by atoms with Crippen molar-refractivity contribution in [3.8, 4) is 17.2 Å². The van der Waals surface area contributed by atoms with E-state index in [-0.39, 0.29) is 17.3 Å². The highest BCUT2D eigenvalue weighted by molar-refractivity contribution is 9.11. The highest BCUT2D eigenvalue weighted by Crippen LogP contribution is 2.41. The van der Waals surface area contributed by atoms with Crippen LogP contribution in [0.1, 0.15) is 46.8 Å². The molecule has 0 aliphatic carbocycles. The van der Waals surface area contributed by atoms with Crippen LogP contribution in [0.15, 0.2) is 63.5 Å². The number of carboxylic acids is 1. The molecule has 7 heteroatoms. The van der Waals surface area contributed by atoms with Crippen molar-refractivity contribution in [1.82, 2.24) is 0 Å². The fraction of sp³-hybridized carbons (Fsp3) is 0.200. The second kappa shape index (κ2) is 10.3. The summed E-state index contributed by atoms with van der Waals surface area (Å²) < 4.78 is 13.2. The van der Waals surface area contributed by atoms with E-state index >= 15 is 0 Å². The number of hydrogen-bond donors (Lipinski definition) is 1. The van der Waals surface area contributed by atoms with Gasteiger partial charge >= 0.3 is 5.97 Å². The minimum Gasteiger partial charge on any atom is -0.482 e. The van der Waals surface area contributed by atoms with E-state index in [1.165, 1.54) is 0 Å². The molecule has 0 saturated carbocycles. The number of ether oxygens (including phenoxy) is 2. The summed E-state index contributed by atoms with van der Waals surface area (Å²) in [6.07, 6.45) is 0. The van der Waals surface area contributed by atoms with Gasteiger partial charge < -0.3 is 14.6 Å². The zero-order chi connectivity index (χ0) is 23.4. The van der Waals surface area contributed by atoms with Gasteiger partial charge in [-0.2, -0.15) is 0 Å². The average molecular weight is 562 g/mol. The van der Waals surface area contributed by atoms with Crippen LogP contribution >= 0.6 is 31.9 Å². The lowest BCUT2D eigenvalue weighted by molar-refractivity contribution is -0.139. The van der Waals surface area contributed by atoms with Crippen LogP contribution in [0, 0.1) is 6.92 Å². The van der Waals surface area contributed by atoms with Crippen molar-refractivity contribution in [2.45, 2.75) is 26.7 Å². The Bertz CT molecular complexity index is 1150. The van der Waals surface area contributed by atoms with Gasteiger partial charge in [-0.25, -0.2) is 4.79 Å². The Balaban J connectivity index is 2.19. The second-order valence-corrected chi connectivity index (χ2v) is 9.28. The number of ketones is 1. The van der Waals surface area contributed by atoms with Crippen LogP contribution in [0.3, 0.4) is 0 Å². The Morgan fingerprint density at radius 3 is 2.22 bits per heavy atom. The van der Waals surface area contributed by atoms with Crippen LogP contribution in [0.2, 0.25) is 0 Å². The number of rotatable bonds is 8. The molecular formula is C25H22Br2O5. The molecule has 3 aromatic carbocycles. The van der Waals surface area contributed by atoms with Gasteiger partial charge in [-0.3, -0.25) is 4.79 Å². The van der Waals surface area contributed by atoms with Gasteiger partial charge in [0.25, 0.3) is 0 Å². The van der Waals surface area contributed by atoms with Crippen LogP contribution in [0.4, 0.5) is 0 Å². The zero-order valence-corrected chi connectivity index (χ0v) is 21.0. The van der Waals surface area contributed by atoms with E-state index in [2.05, 4.69) is 31.9 Å². The van der Waals surface area contributed by atoms with Crippen molar-refractivity contribution in [1.29, 1.82) is 0 Å². The standard InChI is InChI=1S/C25H22Br2O5/c1-14(2)17-11-22(32-25-19(26)8-5-9-20(25)27)18(12-21(17)31-13-23(28)29)24(30)16-7-4-6-15(3)10-16/h4-12,14H,13H2,1-3H3,(H,28,29). The first-order valence-electron chi connectivity index (χ1n) is 9.93. The summed E-state index contributed by atoms with van der Waals surface area (Å²) in [5, 5.41) is 9.07. The molecular weight excluding hydrogens is 540 g/mol. The maximum Gasteiger partial charge on any atom is 0.341 e. The summed E-state index contributed by atoms with van der Waals surface area (Å²) in [5.41, 5.74) is 2.48. The minimum absolute atomic E-state index is 0.00641. The Morgan fingerprint density at radius 1 is 0.969 bits per heavy atom. The first kappa shape index (κ1) is 24.0. The lowest BCUT2D eigenvalue weighted by atomic mass is 9.95. The molecule has 0 saturated heterocycles.